The van der Waals surface area contributed by atoms with Crippen molar-refractivity contribution in [3.8, 4) is 11.4 Å². The van der Waals surface area contributed by atoms with Gasteiger partial charge >= 0.3 is 0 Å². The summed E-state index contributed by atoms with van der Waals surface area (Å²) in [5.74, 6) is 0. The number of aromatic nitrogens is 2. The topological polar surface area (TPSA) is 37.5 Å². The lowest BCUT2D eigenvalue weighted by Crippen LogP contribution is -1.98. The van der Waals surface area contributed by atoms with Gasteiger partial charge in [-0.25, -0.2) is 0 Å². The summed E-state index contributed by atoms with van der Waals surface area (Å²) in [6.45, 7) is 1.98. The minimum absolute atomic E-state index is 0.461. The number of rotatable bonds is 3. The molecule has 1 unspecified atom stereocenters. The van der Waals surface area contributed by atoms with Crippen LogP contribution in [0.25, 0.3) is 16.9 Å². The third kappa shape index (κ3) is 2.02. The van der Waals surface area contributed by atoms with Crippen LogP contribution in [0.5, 0.6) is 0 Å². The Morgan fingerprint density at radius 3 is 2.79 bits per heavy atom. The van der Waals surface area contributed by atoms with Gasteiger partial charge in [0.15, 0.2) is 0 Å². The Bertz CT molecular complexity index is 688. The highest BCUT2D eigenvalue weighted by atomic mass is 16.3. The zero-order valence-electron chi connectivity index (χ0n) is 10.8. The Morgan fingerprint density at radius 1 is 1.21 bits per heavy atom. The minimum Gasteiger partial charge on any atom is -0.388 e. The van der Waals surface area contributed by atoms with Crippen LogP contribution >= 0.6 is 0 Å². The highest BCUT2D eigenvalue weighted by Crippen LogP contribution is 2.31. The second kappa shape index (κ2) is 4.86. The fourth-order valence-corrected chi connectivity index (χ4v) is 2.39. The molecule has 0 fully saturated rings. The lowest BCUT2D eigenvalue weighted by molar-refractivity contribution is 0.174. The Hall–Kier alpha value is -2.13. The van der Waals surface area contributed by atoms with Crippen LogP contribution < -0.4 is 0 Å². The molecule has 3 aromatic heterocycles. The Labute approximate surface area is 112 Å². The van der Waals surface area contributed by atoms with Gasteiger partial charge in [0.2, 0.25) is 0 Å². The van der Waals surface area contributed by atoms with Crippen molar-refractivity contribution in [3.05, 3.63) is 60.4 Å². The average molecular weight is 252 g/mol. The molecule has 0 bridgehead atoms. The second-order valence-electron chi connectivity index (χ2n) is 4.58. The van der Waals surface area contributed by atoms with Crippen molar-refractivity contribution in [2.75, 3.05) is 0 Å². The molecule has 0 aliphatic rings. The summed E-state index contributed by atoms with van der Waals surface area (Å²) in [5, 5.41) is 10.2. The number of nitrogens with zero attached hydrogens (tertiary/aromatic N) is 2. The van der Waals surface area contributed by atoms with Crippen LogP contribution in [0.3, 0.4) is 0 Å². The number of pyridine rings is 2. The molecule has 0 aromatic carbocycles. The Morgan fingerprint density at radius 2 is 2.05 bits per heavy atom. The van der Waals surface area contributed by atoms with Crippen molar-refractivity contribution < 1.29 is 5.11 Å². The third-order valence-corrected chi connectivity index (χ3v) is 3.36. The SMILES string of the molecule is CCC(O)c1cc2ccccn2c1-c1ccccn1. The zero-order valence-corrected chi connectivity index (χ0v) is 10.8. The van der Waals surface area contributed by atoms with Gasteiger partial charge in [-0.3, -0.25) is 4.98 Å². The van der Waals surface area contributed by atoms with Gasteiger partial charge < -0.3 is 9.51 Å². The van der Waals surface area contributed by atoms with E-state index in [0.717, 1.165) is 22.5 Å². The lowest BCUT2D eigenvalue weighted by atomic mass is 10.1. The van der Waals surface area contributed by atoms with Crippen molar-refractivity contribution in [2.45, 2.75) is 19.4 Å². The lowest BCUT2D eigenvalue weighted by Gasteiger charge is -2.10. The molecule has 3 heteroatoms. The van der Waals surface area contributed by atoms with Gasteiger partial charge in [0.05, 0.1) is 17.5 Å². The molecule has 1 atom stereocenters. The molecule has 19 heavy (non-hydrogen) atoms. The molecule has 3 rings (SSSR count). The van der Waals surface area contributed by atoms with E-state index >= 15 is 0 Å². The molecular formula is C16H16N2O. The highest BCUT2D eigenvalue weighted by Gasteiger charge is 2.17. The predicted octanol–water partition coefficient (Wildman–Crippen LogP) is 3.44. The van der Waals surface area contributed by atoms with E-state index in [-0.39, 0.29) is 0 Å². The van der Waals surface area contributed by atoms with Crippen LogP contribution in [0.15, 0.2) is 54.9 Å². The fourth-order valence-electron chi connectivity index (χ4n) is 2.39. The molecular weight excluding hydrogens is 236 g/mol. The molecule has 1 N–H and O–H groups in total. The van der Waals surface area contributed by atoms with Crippen LogP contribution in [0.1, 0.15) is 25.0 Å². The number of hydrogen-bond acceptors (Lipinski definition) is 2. The van der Waals surface area contributed by atoms with Gasteiger partial charge in [-0.05, 0) is 36.8 Å². The first kappa shape index (κ1) is 11.9. The van der Waals surface area contributed by atoms with E-state index in [9.17, 15) is 5.11 Å². The van der Waals surface area contributed by atoms with Crippen LogP contribution in [-0.4, -0.2) is 14.5 Å². The summed E-state index contributed by atoms with van der Waals surface area (Å²) in [6, 6.07) is 13.9. The van der Waals surface area contributed by atoms with Gasteiger partial charge in [-0.2, -0.15) is 0 Å². The molecule has 3 heterocycles. The van der Waals surface area contributed by atoms with Gasteiger partial charge in [0.1, 0.15) is 0 Å². The molecule has 0 aliphatic carbocycles. The van der Waals surface area contributed by atoms with Gasteiger partial charge in [0, 0.05) is 23.5 Å². The quantitative estimate of drug-likeness (QED) is 0.775. The Kier molecular flexibility index (Phi) is 3.05. The van der Waals surface area contributed by atoms with Gasteiger partial charge in [-0.1, -0.05) is 19.1 Å². The summed E-state index contributed by atoms with van der Waals surface area (Å²) in [6.07, 6.45) is 4.01. The number of aliphatic hydroxyl groups excluding tert-OH is 1. The number of hydrogen-bond donors (Lipinski definition) is 1. The maximum absolute atomic E-state index is 10.2. The van der Waals surface area contributed by atoms with E-state index in [0.29, 0.717) is 6.42 Å². The summed E-state index contributed by atoms with van der Waals surface area (Å²) in [4.78, 5) is 4.42. The minimum atomic E-state index is -0.461. The summed E-state index contributed by atoms with van der Waals surface area (Å²) < 4.78 is 2.08. The maximum Gasteiger partial charge on any atom is 0.0873 e. The van der Waals surface area contributed by atoms with Crippen LogP contribution in [0.2, 0.25) is 0 Å². The average Bonchev–Trinajstić information content (AvgIpc) is 2.86. The van der Waals surface area contributed by atoms with Crippen LogP contribution in [0, 0.1) is 0 Å². The molecule has 3 aromatic rings. The third-order valence-electron chi connectivity index (χ3n) is 3.36. The predicted molar refractivity (Wildman–Crippen MR) is 75.9 cm³/mol. The highest BCUT2D eigenvalue weighted by molar-refractivity contribution is 5.69. The van der Waals surface area contributed by atoms with Crippen molar-refractivity contribution in [1.29, 1.82) is 0 Å². The standard InChI is InChI=1S/C16H16N2O/c1-2-15(19)13-11-12-7-4-6-10-18(12)16(13)14-8-3-5-9-17-14/h3-11,15,19H,2H2,1H3. The molecule has 3 nitrogen and oxygen atoms in total. The summed E-state index contributed by atoms with van der Waals surface area (Å²) in [7, 11) is 0. The number of aliphatic hydroxyl groups is 1. The molecule has 0 radical (unpaired) electrons. The first-order valence-corrected chi connectivity index (χ1v) is 6.50. The summed E-state index contributed by atoms with van der Waals surface area (Å²) in [5.41, 5.74) is 3.87. The largest absolute Gasteiger partial charge is 0.388 e. The van der Waals surface area contributed by atoms with E-state index < -0.39 is 6.10 Å². The normalized spacial score (nSPS) is 12.7. The summed E-state index contributed by atoms with van der Waals surface area (Å²) >= 11 is 0. The molecule has 0 aliphatic heterocycles. The van der Waals surface area contributed by atoms with Crippen LogP contribution in [0.4, 0.5) is 0 Å². The molecule has 96 valence electrons. The van der Waals surface area contributed by atoms with Gasteiger partial charge in [-0.15, -0.1) is 0 Å². The first-order valence-electron chi connectivity index (χ1n) is 6.50. The smallest absolute Gasteiger partial charge is 0.0873 e. The van der Waals surface area contributed by atoms with Crippen molar-refractivity contribution in [2.24, 2.45) is 0 Å². The zero-order chi connectivity index (χ0) is 13.2. The van der Waals surface area contributed by atoms with Crippen LogP contribution in [-0.2, 0) is 0 Å². The van der Waals surface area contributed by atoms with Gasteiger partial charge in [0.25, 0.3) is 0 Å². The molecule has 0 spiro atoms. The Balaban J connectivity index is 2.31. The first-order chi connectivity index (χ1) is 9.31. The van der Waals surface area contributed by atoms with E-state index in [4.69, 9.17) is 0 Å². The van der Waals surface area contributed by atoms with Crippen molar-refractivity contribution in [1.82, 2.24) is 9.38 Å². The van der Waals surface area contributed by atoms with E-state index in [1.165, 1.54) is 0 Å². The van der Waals surface area contributed by atoms with E-state index in [2.05, 4.69) is 9.38 Å². The van der Waals surface area contributed by atoms with E-state index in [1.54, 1.807) is 6.20 Å². The molecule has 0 saturated heterocycles. The second-order valence-corrected chi connectivity index (χ2v) is 4.58. The molecule has 0 amide bonds. The monoisotopic (exact) mass is 252 g/mol. The van der Waals surface area contributed by atoms with Crippen molar-refractivity contribution >= 4 is 5.52 Å². The maximum atomic E-state index is 10.2. The van der Waals surface area contributed by atoms with E-state index in [1.807, 2.05) is 55.6 Å². The number of fused-ring (bicyclic) bond motifs is 1. The molecule has 0 saturated carbocycles. The fraction of sp³-hybridized carbons (Fsp3) is 0.188. The van der Waals surface area contributed by atoms with Crippen molar-refractivity contribution in [3.63, 3.8) is 0 Å².